The van der Waals surface area contributed by atoms with E-state index in [1.54, 1.807) is 0 Å². The number of rotatable bonds is 5. The highest BCUT2D eigenvalue weighted by Gasteiger charge is 2.47. The smallest absolute Gasteiger partial charge is 0.241 e. The number of aliphatic hydroxyl groups excluding tert-OH is 3. The first-order chi connectivity index (χ1) is 8.76. The van der Waals surface area contributed by atoms with E-state index in [1.807, 2.05) is 0 Å². The lowest BCUT2D eigenvalue weighted by atomic mass is 9.95. The molecule has 5 N–H and O–H groups in total. The van der Waals surface area contributed by atoms with Crippen molar-refractivity contribution < 1.29 is 34.4 Å². The molecular formula is C11H18NO7. The van der Waals surface area contributed by atoms with Gasteiger partial charge in [0.1, 0.15) is 18.3 Å². The molecule has 1 radical (unpaired) electrons. The van der Waals surface area contributed by atoms with Gasteiger partial charge in [-0.3, -0.25) is 9.59 Å². The summed E-state index contributed by atoms with van der Waals surface area (Å²) >= 11 is 0. The maximum absolute atomic E-state index is 11.4. The summed E-state index contributed by atoms with van der Waals surface area (Å²) in [6.07, 6.45) is -3.82. The minimum atomic E-state index is -1.90. The van der Waals surface area contributed by atoms with Gasteiger partial charge in [0.15, 0.2) is 17.7 Å². The molecule has 109 valence electrons. The van der Waals surface area contributed by atoms with Gasteiger partial charge in [-0.25, -0.2) is 0 Å². The van der Waals surface area contributed by atoms with Gasteiger partial charge >= 0.3 is 0 Å². The summed E-state index contributed by atoms with van der Waals surface area (Å²) < 4.78 is 10.1. The molecule has 1 unspecified atom stereocenters. The summed E-state index contributed by atoms with van der Waals surface area (Å²) in [6.45, 7) is 1.73. The van der Waals surface area contributed by atoms with Gasteiger partial charge in [-0.05, 0) is 13.8 Å². The average molecular weight is 276 g/mol. The highest BCUT2D eigenvalue weighted by molar-refractivity contribution is 5.99. The van der Waals surface area contributed by atoms with E-state index < -0.39 is 48.6 Å². The van der Waals surface area contributed by atoms with Crippen LogP contribution >= 0.6 is 0 Å². The van der Waals surface area contributed by atoms with Crippen LogP contribution in [0.25, 0.3) is 0 Å². The van der Waals surface area contributed by atoms with Crippen molar-refractivity contribution >= 4 is 12.1 Å². The molecule has 0 bridgehead atoms. The third-order valence-electron chi connectivity index (χ3n) is 3.16. The Morgan fingerprint density at radius 1 is 1.53 bits per heavy atom. The molecule has 1 fully saturated rings. The number of carbonyl (C=O) groups excluding carboxylic acids is 2. The molecule has 1 heterocycles. The normalized spacial score (nSPS) is 38.5. The number of hydrogen-bond acceptors (Lipinski definition) is 8. The van der Waals surface area contributed by atoms with E-state index in [4.69, 9.17) is 20.3 Å². The van der Waals surface area contributed by atoms with Gasteiger partial charge in [0.25, 0.3) is 0 Å². The molecule has 1 aliphatic rings. The first-order valence-electron chi connectivity index (χ1n) is 5.73. The molecule has 8 nitrogen and oxygen atoms in total. The maximum Gasteiger partial charge on any atom is 0.241 e. The Kier molecular flexibility index (Phi) is 5.13. The molecule has 1 saturated heterocycles. The highest BCUT2D eigenvalue weighted by Crippen LogP contribution is 2.25. The number of ketones is 1. The van der Waals surface area contributed by atoms with Crippen molar-refractivity contribution in [3.05, 3.63) is 0 Å². The summed E-state index contributed by atoms with van der Waals surface area (Å²) in [5.74, 6) is -0.622. The van der Waals surface area contributed by atoms with Crippen molar-refractivity contribution in [2.75, 3.05) is 6.61 Å². The predicted octanol–water partition coefficient (Wildman–Crippen LogP) is -2.77. The lowest BCUT2D eigenvalue weighted by molar-refractivity contribution is -0.265. The Balaban J connectivity index is 2.95. The van der Waals surface area contributed by atoms with Crippen molar-refractivity contribution in [3.63, 3.8) is 0 Å². The highest BCUT2D eigenvalue weighted by atomic mass is 16.6. The molecule has 8 heteroatoms. The lowest BCUT2D eigenvalue weighted by Gasteiger charge is -2.42. The quantitative estimate of drug-likeness (QED) is 0.396. The molecule has 1 rings (SSSR count). The van der Waals surface area contributed by atoms with Crippen LogP contribution in [0, 0.1) is 0 Å². The summed E-state index contributed by atoms with van der Waals surface area (Å²) in [5, 5.41) is 28.5. The SMILES string of the molecule is CC(=O)C(C)([C]=O)O[C@@H]1[C@@H](N)[C@@H](O)O[C@H](CO)[C@H]1O. The minimum absolute atomic E-state index is 0.577. The predicted molar refractivity (Wildman–Crippen MR) is 61.6 cm³/mol. The molecular weight excluding hydrogens is 258 g/mol. The Hall–Kier alpha value is -0.900. The van der Waals surface area contributed by atoms with Crippen molar-refractivity contribution in [1.29, 1.82) is 0 Å². The van der Waals surface area contributed by atoms with Crippen LogP contribution < -0.4 is 5.73 Å². The van der Waals surface area contributed by atoms with Crippen LogP contribution in [0.4, 0.5) is 0 Å². The van der Waals surface area contributed by atoms with Gasteiger partial charge < -0.3 is 30.5 Å². The van der Waals surface area contributed by atoms with Crippen molar-refractivity contribution in [1.82, 2.24) is 0 Å². The largest absolute Gasteiger partial charge is 0.394 e. The van der Waals surface area contributed by atoms with Crippen LogP contribution in [0.5, 0.6) is 0 Å². The minimum Gasteiger partial charge on any atom is -0.394 e. The van der Waals surface area contributed by atoms with E-state index in [0.29, 0.717) is 0 Å². The molecule has 0 aromatic heterocycles. The summed E-state index contributed by atoms with van der Waals surface area (Å²) in [6, 6.07) is -1.18. The maximum atomic E-state index is 11.4. The Labute approximate surface area is 110 Å². The second-order valence-corrected chi connectivity index (χ2v) is 4.59. The fourth-order valence-electron chi connectivity index (χ4n) is 1.70. The Morgan fingerprint density at radius 3 is 2.53 bits per heavy atom. The number of carbonyl (C=O) groups is 1. The number of Topliss-reactive ketones (excluding diaryl/α,β-unsaturated/α-hetero) is 1. The van der Waals surface area contributed by atoms with Gasteiger partial charge in [-0.15, -0.1) is 0 Å². The molecule has 19 heavy (non-hydrogen) atoms. The standard InChI is InChI=1S/C11H18NO7/c1-5(15)11(2,4-14)19-9-7(12)10(17)18-6(3-13)8(9)16/h6-10,13,16-17H,3,12H2,1-2H3/t6-,7-,8-,9-,10+,11?/m1/s1. The third kappa shape index (κ3) is 3.16. The van der Waals surface area contributed by atoms with E-state index in [9.17, 15) is 19.8 Å². The van der Waals surface area contributed by atoms with E-state index in [-0.39, 0.29) is 0 Å². The molecule has 0 aromatic rings. The van der Waals surface area contributed by atoms with Gasteiger partial charge in [0.2, 0.25) is 6.29 Å². The Bertz CT molecular complexity index is 350. The van der Waals surface area contributed by atoms with Crippen LogP contribution in [0.1, 0.15) is 13.8 Å². The summed E-state index contributed by atoms with van der Waals surface area (Å²) in [7, 11) is 0. The second kappa shape index (κ2) is 6.04. The Morgan fingerprint density at radius 2 is 2.11 bits per heavy atom. The molecule has 0 amide bonds. The third-order valence-corrected chi connectivity index (χ3v) is 3.16. The lowest BCUT2D eigenvalue weighted by Crippen LogP contribution is -2.65. The number of aliphatic hydroxyl groups is 3. The van der Waals surface area contributed by atoms with E-state index in [2.05, 4.69) is 0 Å². The van der Waals surface area contributed by atoms with Crippen molar-refractivity contribution in [2.45, 2.75) is 50.1 Å². The average Bonchev–Trinajstić information content (AvgIpc) is 2.38. The number of hydrogen-bond donors (Lipinski definition) is 4. The van der Waals surface area contributed by atoms with Crippen molar-refractivity contribution in [2.24, 2.45) is 5.73 Å². The zero-order valence-electron chi connectivity index (χ0n) is 10.6. The monoisotopic (exact) mass is 276 g/mol. The van der Waals surface area contributed by atoms with E-state index >= 15 is 0 Å². The van der Waals surface area contributed by atoms with Crippen LogP contribution in [-0.4, -0.2) is 70.2 Å². The molecule has 1 aliphatic heterocycles. The van der Waals surface area contributed by atoms with Crippen LogP contribution in [0.15, 0.2) is 0 Å². The first kappa shape index (κ1) is 16.2. The van der Waals surface area contributed by atoms with Crippen LogP contribution in [0.3, 0.4) is 0 Å². The molecule has 0 aromatic carbocycles. The second-order valence-electron chi connectivity index (χ2n) is 4.59. The van der Waals surface area contributed by atoms with Gasteiger partial charge in [0.05, 0.1) is 12.6 Å². The summed E-state index contributed by atoms with van der Waals surface area (Å²) in [5.41, 5.74) is 3.71. The van der Waals surface area contributed by atoms with E-state index in [0.717, 1.165) is 6.92 Å². The topological polar surface area (TPSA) is 139 Å². The van der Waals surface area contributed by atoms with Gasteiger partial charge in [0, 0.05) is 0 Å². The zero-order chi connectivity index (χ0) is 14.8. The number of ether oxygens (including phenoxy) is 2. The van der Waals surface area contributed by atoms with Crippen LogP contribution in [0.2, 0.25) is 0 Å². The number of nitrogens with two attached hydrogens (primary N) is 1. The molecule has 0 saturated carbocycles. The fourth-order valence-corrected chi connectivity index (χ4v) is 1.70. The zero-order valence-corrected chi connectivity index (χ0v) is 10.6. The molecule has 0 spiro atoms. The van der Waals surface area contributed by atoms with Crippen molar-refractivity contribution in [3.8, 4) is 0 Å². The van der Waals surface area contributed by atoms with Crippen LogP contribution in [-0.2, 0) is 19.1 Å². The molecule has 0 aliphatic carbocycles. The fraction of sp³-hybridized carbons (Fsp3) is 0.818. The van der Waals surface area contributed by atoms with Gasteiger partial charge in [-0.2, -0.15) is 0 Å². The molecule has 6 atom stereocenters. The first-order valence-corrected chi connectivity index (χ1v) is 5.73. The van der Waals surface area contributed by atoms with E-state index in [1.165, 1.54) is 13.2 Å². The summed E-state index contributed by atoms with van der Waals surface area (Å²) in [4.78, 5) is 22.2. The van der Waals surface area contributed by atoms with Gasteiger partial charge in [-0.1, -0.05) is 0 Å².